The van der Waals surface area contributed by atoms with E-state index in [9.17, 15) is 13.2 Å². The van der Waals surface area contributed by atoms with Crippen molar-refractivity contribution >= 4 is 43.3 Å². The van der Waals surface area contributed by atoms with Gasteiger partial charge in [-0.1, -0.05) is 18.2 Å². The van der Waals surface area contributed by atoms with Gasteiger partial charge in [-0.15, -0.1) is 0 Å². The number of methoxy groups -OCH3 is 1. The average molecular weight is 452 g/mol. The van der Waals surface area contributed by atoms with E-state index in [1.165, 1.54) is 30.3 Å². The normalized spacial score (nSPS) is 19.7. The number of benzene rings is 2. The molecule has 1 unspecified atom stereocenters. The van der Waals surface area contributed by atoms with E-state index in [-0.39, 0.29) is 10.6 Å². The first-order chi connectivity index (χ1) is 12.8. The number of nitrogens with zero attached hydrogens (tertiary/aromatic N) is 3. The summed E-state index contributed by atoms with van der Waals surface area (Å²) < 4.78 is 34.9. The zero-order valence-electron chi connectivity index (χ0n) is 15.0. The molecular formula is C18H18BrN3O4S. The Bertz CT molecular complexity index is 1010. The van der Waals surface area contributed by atoms with Gasteiger partial charge < -0.3 is 4.74 Å². The Balaban J connectivity index is 2.00. The summed E-state index contributed by atoms with van der Waals surface area (Å²) in [5.74, 6) is 0.0363. The number of carbonyl (C=O) groups excluding carboxylic acids is 1. The molecule has 1 heterocycles. The zero-order chi connectivity index (χ0) is 19.8. The Morgan fingerprint density at radius 2 is 1.81 bits per heavy atom. The van der Waals surface area contributed by atoms with E-state index in [1.807, 2.05) is 18.2 Å². The van der Waals surface area contributed by atoms with E-state index in [2.05, 4.69) is 20.3 Å². The van der Waals surface area contributed by atoms with Crippen LogP contribution in [0.3, 0.4) is 0 Å². The Morgan fingerprint density at radius 3 is 2.41 bits per heavy atom. The van der Waals surface area contributed by atoms with Gasteiger partial charge in [0.2, 0.25) is 0 Å². The molecule has 2 aromatic rings. The Morgan fingerprint density at radius 1 is 1.15 bits per heavy atom. The third-order valence-electron chi connectivity index (χ3n) is 4.32. The summed E-state index contributed by atoms with van der Waals surface area (Å²) in [6.07, 6.45) is 0. The second kappa shape index (κ2) is 7.41. The maximum Gasteiger partial charge on any atom is 0.289 e. The van der Waals surface area contributed by atoms with E-state index in [4.69, 9.17) is 4.74 Å². The van der Waals surface area contributed by atoms with Crippen molar-refractivity contribution in [2.75, 3.05) is 19.2 Å². The Labute approximate surface area is 166 Å². The van der Waals surface area contributed by atoms with Crippen LogP contribution < -0.4 is 9.75 Å². The van der Waals surface area contributed by atoms with Gasteiger partial charge in [0.1, 0.15) is 11.5 Å². The molecule has 0 bridgehead atoms. The van der Waals surface area contributed by atoms with E-state index in [0.29, 0.717) is 15.9 Å². The largest absolute Gasteiger partial charge is 0.496 e. The van der Waals surface area contributed by atoms with Crippen LogP contribution in [0.1, 0.15) is 6.92 Å². The van der Waals surface area contributed by atoms with Crippen molar-refractivity contribution in [2.45, 2.75) is 17.9 Å². The predicted molar refractivity (Wildman–Crippen MR) is 106 cm³/mol. The van der Waals surface area contributed by atoms with E-state index < -0.39 is 22.0 Å². The standard InChI is InChI=1S/C18H18BrN3O4S/c1-12-17(18(23)22(21(12)2)13-7-5-4-6-8-13)20-27(24,25)14-9-10-16(26-3)15(19)11-14/h4-12H,1-3H3. The lowest BCUT2D eigenvalue weighted by Gasteiger charge is -2.25. The van der Waals surface area contributed by atoms with E-state index >= 15 is 0 Å². The molecule has 1 aliphatic heterocycles. The number of amides is 1. The molecule has 0 aliphatic carbocycles. The number of hydrogen-bond acceptors (Lipinski definition) is 5. The van der Waals surface area contributed by atoms with Gasteiger partial charge in [0.15, 0.2) is 0 Å². The molecule has 7 nitrogen and oxygen atoms in total. The second-order valence-corrected chi connectivity index (χ2v) is 8.41. The van der Waals surface area contributed by atoms with Gasteiger partial charge in [-0.05, 0) is 53.2 Å². The number of sulfonamides is 1. The molecule has 1 fully saturated rings. The fraction of sp³-hybridized carbons (Fsp3) is 0.222. The van der Waals surface area contributed by atoms with Crippen molar-refractivity contribution in [2.24, 2.45) is 4.40 Å². The van der Waals surface area contributed by atoms with E-state index in [1.54, 1.807) is 31.1 Å². The highest BCUT2D eigenvalue weighted by Gasteiger charge is 2.41. The van der Waals surface area contributed by atoms with Crippen molar-refractivity contribution in [3.8, 4) is 5.75 Å². The topological polar surface area (TPSA) is 79.3 Å². The van der Waals surface area contributed by atoms with Crippen LogP contribution in [0.2, 0.25) is 0 Å². The smallest absolute Gasteiger partial charge is 0.289 e. The number of rotatable bonds is 4. The lowest BCUT2D eigenvalue weighted by atomic mass is 10.2. The van der Waals surface area contributed by atoms with E-state index in [0.717, 1.165) is 0 Å². The quantitative estimate of drug-likeness (QED) is 0.713. The van der Waals surface area contributed by atoms with Gasteiger partial charge in [0.25, 0.3) is 15.9 Å². The number of halogens is 1. The minimum atomic E-state index is -4.06. The fourth-order valence-electron chi connectivity index (χ4n) is 2.75. The molecule has 0 saturated carbocycles. The number of hydrazine groups is 1. The minimum Gasteiger partial charge on any atom is -0.496 e. The summed E-state index contributed by atoms with van der Waals surface area (Å²) in [6, 6.07) is 12.8. The summed E-state index contributed by atoms with van der Waals surface area (Å²) in [7, 11) is -0.853. The molecule has 27 heavy (non-hydrogen) atoms. The lowest BCUT2D eigenvalue weighted by Crippen LogP contribution is -2.38. The fourth-order valence-corrected chi connectivity index (χ4v) is 4.55. The molecule has 1 amide bonds. The molecule has 2 aromatic carbocycles. The van der Waals surface area contributed by atoms with Crippen LogP contribution in [-0.4, -0.2) is 45.2 Å². The number of hydrogen-bond donors (Lipinski definition) is 0. The molecule has 1 aliphatic rings. The molecular weight excluding hydrogens is 434 g/mol. The molecule has 142 valence electrons. The van der Waals surface area contributed by atoms with Crippen molar-refractivity contribution in [3.63, 3.8) is 0 Å². The summed E-state index contributed by atoms with van der Waals surface area (Å²) in [6.45, 7) is 1.74. The van der Waals surface area contributed by atoms with Crippen molar-refractivity contribution < 1.29 is 17.9 Å². The van der Waals surface area contributed by atoms with Gasteiger partial charge in [-0.2, -0.15) is 12.8 Å². The molecule has 3 rings (SSSR count). The van der Waals surface area contributed by atoms with Crippen LogP contribution in [0.5, 0.6) is 5.75 Å². The maximum absolute atomic E-state index is 12.9. The summed E-state index contributed by atoms with van der Waals surface area (Å²) in [4.78, 5) is 12.8. The predicted octanol–water partition coefficient (Wildman–Crippen LogP) is 2.87. The SMILES string of the molecule is COc1ccc(S(=O)(=O)N=C2C(=O)N(c3ccccc3)N(C)C2C)cc1Br. The van der Waals surface area contributed by atoms with Gasteiger partial charge in [0.05, 0.1) is 28.2 Å². The minimum absolute atomic E-state index is 0.0245. The first-order valence-electron chi connectivity index (χ1n) is 8.07. The Hall–Kier alpha value is -2.23. The van der Waals surface area contributed by atoms with Crippen LogP contribution in [0.25, 0.3) is 0 Å². The number of para-hydroxylation sites is 1. The third kappa shape index (κ3) is 3.62. The van der Waals surface area contributed by atoms with Crippen LogP contribution in [0.15, 0.2) is 62.3 Å². The molecule has 0 spiro atoms. The van der Waals surface area contributed by atoms with Crippen LogP contribution in [-0.2, 0) is 14.8 Å². The highest BCUT2D eigenvalue weighted by atomic mass is 79.9. The average Bonchev–Trinajstić information content (AvgIpc) is 2.85. The molecule has 0 aromatic heterocycles. The highest BCUT2D eigenvalue weighted by molar-refractivity contribution is 9.10. The van der Waals surface area contributed by atoms with Gasteiger partial charge in [0, 0.05) is 7.05 Å². The molecule has 0 radical (unpaired) electrons. The lowest BCUT2D eigenvalue weighted by molar-refractivity contribution is -0.113. The highest BCUT2D eigenvalue weighted by Crippen LogP contribution is 2.29. The van der Waals surface area contributed by atoms with Crippen molar-refractivity contribution in [3.05, 3.63) is 53.0 Å². The molecule has 0 N–H and O–H groups in total. The monoisotopic (exact) mass is 451 g/mol. The third-order valence-corrected chi connectivity index (χ3v) is 6.23. The zero-order valence-corrected chi connectivity index (χ0v) is 17.4. The Kier molecular flexibility index (Phi) is 5.36. The summed E-state index contributed by atoms with van der Waals surface area (Å²) >= 11 is 3.26. The molecule has 9 heteroatoms. The first kappa shape index (κ1) is 19.5. The van der Waals surface area contributed by atoms with Crippen molar-refractivity contribution in [1.29, 1.82) is 0 Å². The van der Waals surface area contributed by atoms with Crippen LogP contribution in [0, 0.1) is 0 Å². The van der Waals surface area contributed by atoms with Gasteiger partial charge >= 0.3 is 0 Å². The summed E-state index contributed by atoms with van der Waals surface area (Å²) in [5.41, 5.74) is 0.611. The van der Waals surface area contributed by atoms with Crippen LogP contribution in [0.4, 0.5) is 5.69 Å². The summed E-state index contributed by atoms with van der Waals surface area (Å²) in [5, 5.41) is 3.08. The van der Waals surface area contributed by atoms with Gasteiger partial charge in [-0.25, -0.2) is 10.0 Å². The number of carbonyl (C=O) groups is 1. The molecule has 1 saturated heterocycles. The van der Waals surface area contributed by atoms with Crippen LogP contribution >= 0.6 is 15.9 Å². The molecule has 1 atom stereocenters. The number of ether oxygens (including phenoxy) is 1. The maximum atomic E-state index is 12.9. The second-order valence-electron chi connectivity index (χ2n) is 5.95. The number of anilines is 1. The van der Waals surface area contributed by atoms with Gasteiger partial charge in [-0.3, -0.25) is 4.79 Å². The van der Waals surface area contributed by atoms with Crippen molar-refractivity contribution in [1.82, 2.24) is 5.01 Å². The first-order valence-corrected chi connectivity index (χ1v) is 10.3.